The van der Waals surface area contributed by atoms with E-state index in [1.807, 2.05) is 36.4 Å². The highest BCUT2D eigenvalue weighted by atomic mass is 16.7. The van der Waals surface area contributed by atoms with Gasteiger partial charge in [0.25, 0.3) is 0 Å². The van der Waals surface area contributed by atoms with Crippen molar-refractivity contribution >= 4 is 23.7 Å². The molecule has 3 aliphatic rings. The van der Waals surface area contributed by atoms with Gasteiger partial charge in [0.15, 0.2) is 34.6 Å². The topological polar surface area (TPSA) is 71.1 Å². The Morgan fingerprint density at radius 3 is 1.61 bits per heavy atom. The lowest BCUT2D eigenvalue weighted by Crippen LogP contribution is -2.34. The third kappa shape index (κ3) is 3.69. The lowest BCUT2D eigenvalue weighted by molar-refractivity contribution is -0.134. The molecule has 6 heteroatoms. The van der Waals surface area contributed by atoms with Gasteiger partial charge in [-0.25, -0.2) is 0 Å². The first-order valence-corrected chi connectivity index (χ1v) is 10.4. The molecule has 0 bridgehead atoms. The van der Waals surface area contributed by atoms with Crippen molar-refractivity contribution in [2.45, 2.75) is 25.7 Å². The molecule has 0 amide bonds. The highest BCUT2D eigenvalue weighted by molar-refractivity contribution is 6.17. The van der Waals surface area contributed by atoms with Gasteiger partial charge < -0.3 is 18.9 Å². The van der Waals surface area contributed by atoms with E-state index in [1.165, 1.54) is 12.2 Å². The van der Waals surface area contributed by atoms with Crippen LogP contribution in [0.1, 0.15) is 36.8 Å². The summed E-state index contributed by atoms with van der Waals surface area (Å²) in [6.07, 6.45) is 9.40. The van der Waals surface area contributed by atoms with Crippen LogP contribution in [-0.4, -0.2) is 25.2 Å². The molecule has 2 aromatic carbocycles. The maximum Gasteiger partial charge on any atom is 0.231 e. The Morgan fingerprint density at radius 1 is 0.677 bits per heavy atom. The fourth-order valence-corrected chi connectivity index (χ4v) is 4.29. The molecular formula is C25H22O6. The van der Waals surface area contributed by atoms with E-state index in [9.17, 15) is 9.59 Å². The molecule has 2 heterocycles. The largest absolute Gasteiger partial charge is 0.454 e. The van der Waals surface area contributed by atoms with Crippen LogP contribution < -0.4 is 18.9 Å². The van der Waals surface area contributed by atoms with Gasteiger partial charge in [0, 0.05) is 0 Å². The fourth-order valence-electron chi connectivity index (χ4n) is 4.29. The minimum atomic E-state index is -0.986. The van der Waals surface area contributed by atoms with Crippen molar-refractivity contribution in [2.24, 2.45) is 5.41 Å². The maximum absolute atomic E-state index is 13.1. The van der Waals surface area contributed by atoms with Gasteiger partial charge in [-0.3, -0.25) is 9.59 Å². The summed E-state index contributed by atoms with van der Waals surface area (Å²) >= 11 is 0. The Bertz CT molecular complexity index is 1010. The van der Waals surface area contributed by atoms with Crippen molar-refractivity contribution in [1.29, 1.82) is 0 Å². The van der Waals surface area contributed by atoms with Crippen LogP contribution in [-0.2, 0) is 9.59 Å². The molecule has 1 saturated carbocycles. The normalized spacial score (nSPS) is 18.2. The van der Waals surface area contributed by atoms with Gasteiger partial charge in [-0.15, -0.1) is 0 Å². The van der Waals surface area contributed by atoms with E-state index in [0.29, 0.717) is 35.8 Å². The zero-order valence-corrected chi connectivity index (χ0v) is 17.0. The molecule has 0 saturated heterocycles. The van der Waals surface area contributed by atoms with Crippen molar-refractivity contribution < 1.29 is 28.5 Å². The lowest BCUT2D eigenvalue weighted by Gasteiger charge is -2.22. The Morgan fingerprint density at radius 2 is 1.13 bits per heavy atom. The SMILES string of the molecule is O=C(/C=C/c1ccc2c(c1)OCO2)C1(C(=O)/C=C/c2ccc3c(c2)OCO3)CCCC1. The average molecular weight is 418 g/mol. The van der Waals surface area contributed by atoms with Crippen molar-refractivity contribution in [3.63, 3.8) is 0 Å². The summed E-state index contributed by atoms with van der Waals surface area (Å²) in [6.45, 7) is 0.406. The summed E-state index contributed by atoms with van der Waals surface area (Å²) < 4.78 is 21.4. The van der Waals surface area contributed by atoms with Crippen LogP contribution >= 0.6 is 0 Å². The quantitative estimate of drug-likeness (QED) is 0.506. The van der Waals surface area contributed by atoms with Gasteiger partial charge in [-0.05, 0) is 60.4 Å². The number of hydrogen-bond acceptors (Lipinski definition) is 6. The summed E-state index contributed by atoms with van der Waals surface area (Å²) in [5, 5.41) is 0. The van der Waals surface area contributed by atoms with Gasteiger partial charge in [0.05, 0.1) is 5.41 Å². The number of hydrogen-bond donors (Lipinski definition) is 0. The average Bonchev–Trinajstić information content (AvgIpc) is 3.55. The van der Waals surface area contributed by atoms with Crippen LogP contribution in [0.3, 0.4) is 0 Å². The highest BCUT2D eigenvalue weighted by Gasteiger charge is 2.44. The smallest absolute Gasteiger partial charge is 0.231 e. The van der Waals surface area contributed by atoms with Crippen LogP contribution in [0.15, 0.2) is 48.6 Å². The van der Waals surface area contributed by atoms with Crippen LogP contribution in [0, 0.1) is 5.41 Å². The molecule has 5 rings (SSSR count). The minimum Gasteiger partial charge on any atom is -0.454 e. The van der Waals surface area contributed by atoms with E-state index >= 15 is 0 Å². The van der Waals surface area contributed by atoms with Crippen molar-refractivity contribution in [3.05, 3.63) is 59.7 Å². The van der Waals surface area contributed by atoms with Gasteiger partial charge in [0.2, 0.25) is 13.6 Å². The molecule has 0 atom stereocenters. The maximum atomic E-state index is 13.1. The van der Waals surface area contributed by atoms with Gasteiger partial charge >= 0.3 is 0 Å². The number of allylic oxidation sites excluding steroid dienone is 2. The molecule has 0 radical (unpaired) electrons. The zero-order chi connectivity index (χ0) is 21.3. The summed E-state index contributed by atoms with van der Waals surface area (Å²) in [6, 6.07) is 11.0. The standard InChI is InChI=1S/C25H22O6/c26-23(9-5-17-3-7-19-21(13-17)30-15-28-19)25(11-1-2-12-25)24(27)10-6-18-4-8-20-22(14-18)31-16-29-20/h3-10,13-14H,1-2,11-12,15-16H2/b9-5+,10-6+. The van der Waals surface area contributed by atoms with Gasteiger partial charge in [-0.2, -0.15) is 0 Å². The molecule has 0 spiro atoms. The Kier molecular flexibility index (Phi) is 4.98. The Labute approximate surface area is 180 Å². The second kappa shape index (κ2) is 7.95. The van der Waals surface area contributed by atoms with Crippen LogP contribution in [0.4, 0.5) is 0 Å². The van der Waals surface area contributed by atoms with Gasteiger partial charge in [-0.1, -0.05) is 37.1 Å². The van der Waals surface area contributed by atoms with E-state index < -0.39 is 5.41 Å². The molecule has 0 N–H and O–H groups in total. The van der Waals surface area contributed by atoms with Crippen LogP contribution in [0.2, 0.25) is 0 Å². The molecule has 1 fully saturated rings. The van der Waals surface area contributed by atoms with E-state index in [4.69, 9.17) is 18.9 Å². The molecule has 1 aliphatic carbocycles. The molecule has 31 heavy (non-hydrogen) atoms. The predicted octanol–water partition coefficient (Wildman–Crippen LogP) is 4.57. The molecule has 0 unspecified atom stereocenters. The molecule has 0 aromatic heterocycles. The van der Waals surface area contributed by atoms with Crippen LogP contribution in [0.5, 0.6) is 23.0 Å². The summed E-state index contributed by atoms with van der Waals surface area (Å²) in [5.74, 6) is 2.41. The van der Waals surface area contributed by atoms with Crippen molar-refractivity contribution in [3.8, 4) is 23.0 Å². The summed E-state index contributed by atoms with van der Waals surface area (Å²) in [4.78, 5) is 26.3. The highest BCUT2D eigenvalue weighted by Crippen LogP contribution is 2.41. The van der Waals surface area contributed by atoms with E-state index in [2.05, 4.69) is 0 Å². The predicted molar refractivity (Wildman–Crippen MR) is 114 cm³/mol. The van der Waals surface area contributed by atoms with E-state index in [-0.39, 0.29) is 25.2 Å². The zero-order valence-electron chi connectivity index (χ0n) is 17.0. The number of rotatable bonds is 6. The first-order chi connectivity index (χ1) is 15.1. The monoisotopic (exact) mass is 418 g/mol. The minimum absolute atomic E-state index is 0.150. The lowest BCUT2D eigenvalue weighted by atomic mass is 9.77. The number of ketones is 2. The Balaban J connectivity index is 1.33. The van der Waals surface area contributed by atoms with Crippen molar-refractivity contribution in [2.75, 3.05) is 13.6 Å². The third-order valence-electron chi connectivity index (χ3n) is 6.05. The molecule has 2 aromatic rings. The van der Waals surface area contributed by atoms with Crippen molar-refractivity contribution in [1.82, 2.24) is 0 Å². The number of carbonyl (C=O) groups excluding carboxylic acids is 2. The second-order valence-corrected chi connectivity index (χ2v) is 7.91. The molecule has 6 nitrogen and oxygen atoms in total. The van der Waals surface area contributed by atoms with E-state index in [0.717, 1.165) is 24.0 Å². The summed E-state index contributed by atoms with van der Waals surface area (Å²) in [7, 11) is 0. The number of carbonyl (C=O) groups is 2. The number of fused-ring (bicyclic) bond motifs is 2. The molecular weight excluding hydrogens is 396 g/mol. The number of ether oxygens (including phenoxy) is 4. The molecule has 158 valence electrons. The first kappa shape index (κ1) is 19.4. The number of benzene rings is 2. The van der Waals surface area contributed by atoms with E-state index in [1.54, 1.807) is 12.2 Å². The van der Waals surface area contributed by atoms with Gasteiger partial charge in [0.1, 0.15) is 0 Å². The third-order valence-corrected chi connectivity index (χ3v) is 6.05. The second-order valence-electron chi connectivity index (χ2n) is 7.91. The first-order valence-electron chi connectivity index (χ1n) is 10.4. The fraction of sp³-hybridized carbons (Fsp3) is 0.280. The summed E-state index contributed by atoms with van der Waals surface area (Å²) in [5.41, 5.74) is 0.669. The molecule has 2 aliphatic heterocycles. The Hall–Kier alpha value is -3.54. The van der Waals surface area contributed by atoms with Crippen LogP contribution in [0.25, 0.3) is 12.2 Å².